The Morgan fingerprint density at radius 2 is 1.17 bits per heavy atom. The van der Waals surface area contributed by atoms with Crippen LogP contribution in [-0.4, -0.2) is 49.5 Å². The number of unbranched alkanes of at least 4 members (excludes halogenated alkanes) is 15. The quantitative estimate of drug-likeness (QED) is 0.0597. The van der Waals surface area contributed by atoms with Gasteiger partial charge >= 0.3 is 5.97 Å². The van der Waals surface area contributed by atoms with Gasteiger partial charge in [0.1, 0.15) is 6.10 Å². The van der Waals surface area contributed by atoms with Gasteiger partial charge in [-0.05, 0) is 57.2 Å². The van der Waals surface area contributed by atoms with Gasteiger partial charge in [-0.15, -0.1) is 0 Å². The van der Waals surface area contributed by atoms with Crippen LogP contribution in [0.4, 0.5) is 0 Å². The van der Waals surface area contributed by atoms with E-state index in [0.29, 0.717) is 6.42 Å². The maximum atomic E-state index is 12.6. The third-order valence-electron chi connectivity index (χ3n) is 8.24. The van der Waals surface area contributed by atoms with Crippen LogP contribution in [0.3, 0.4) is 0 Å². The predicted octanol–water partition coefficient (Wildman–Crippen LogP) is 8.91. The van der Waals surface area contributed by atoms with E-state index in [2.05, 4.69) is 36.6 Å². The van der Waals surface area contributed by atoms with Crippen molar-refractivity contribution in [3.05, 3.63) is 35.9 Å². The molecule has 1 rings (SSSR count). The average molecular weight is 589 g/mol. The first-order valence-corrected chi connectivity index (χ1v) is 18.0. The fourth-order valence-electron chi connectivity index (χ4n) is 5.49. The van der Waals surface area contributed by atoms with Crippen LogP contribution < -0.4 is 10.6 Å². The van der Waals surface area contributed by atoms with E-state index in [-0.39, 0.29) is 18.2 Å². The second-order valence-corrected chi connectivity index (χ2v) is 12.4. The number of rotatable bonds is 31. The van der Waals surface area contributed by atoms with Crippen molar-refractivity contribution in [2.75, 3.05) is 26.2 Å². The molecule has 0 amide bonds. The minimum absolute atomic E-state index is 0.0272. The highest BCUT2D eigenvalue weighted by atomic mass is 16.5. The molecule has 244 valence electrons. The predicted molar refractivity (Wildman–Crippen MR) is 180 cm³/mol. The number of benzene rings is 1. The molecule has 0 saturated carbocycles. The molecule has 0 aliphatic rings. The Morgan fingerprint density at radius 3 is 1.76 bits per heavy atom. The van der Waals surface area contributed by atoms with Gasteiger partial charge in [0.2, 0.25) is 0 Å². The van der Waals surface area contributed by atoms with E-state index >= 15 is 0 Å². The van der Waals surface area contributed by atoms with Gasteiger partial charge in [0.25, 0.3) is 0 Å². The molecule has 0 heterocycles. The third-order valence-corrected chi connectivity index (χ3v) is 8.24. The topological polar surface area (TPSA) is 70.6 Å². The minimum Gasteiger partial charge on any atom is -0.461 e. The Balaban J connectivity index is 2.10. The molecule has 2 unspecified atom stereocenters. The summed E-state index contributed by atoms with van der Waals surface area (Å²) in [5.74, 6) is -0.0753. The fourth-order valence-corrected chi connectivity index (χ4v) is 5.49. The van der Waals surface area contributed by atoms with E-state index in [9.17, 15) is 9.90 Å². The van der Waals surface area contributed by atoms with Gasteiger partial charge in [-0.1, -0.05) is 140 Å². The molecule has 42 heavy (non-hydrogen) atoms. The summed E-state index contributed by atoms with van der Waals surface area (Å²) < 4.78 is 5.93. The number of aliphatic hydroxyl groups is 1. The van der Waals surface area contributed by atoms with Crippen LogP contribution in [0.15, 0.2) is 30.3 Å². The Kier molecular flexibility index (Phi) is 27.2. The molecule has 3 N–H and O–H groups in total. The van der Waals surface area contributed by atoms with Crippen LogP contribution >= 0.6 is 0 Å². The van der Waals surface area contributed by atoms with E-state index in [4.69, 9.17) is 4.74 Å². The monoisotopic (exact) mass is 589 g/mol. The number of hydrogen-bond donors (Lipinski definition) is 3. The summed E-state index contributed by atoms with van der Waals surface area (Å²) in [5, 5.41) is 17.2. The van der Waals surface area contributed by atoms with Gasteiger partial charge in [-0.2, -0.15) is 0 Å². The second kappa shape index (κ2) is 29.6. The van der Waals surface area contributed by atoms with Crippen LogP contribution in [0.25, 0.3) is 0 Å². The van der Waals surface area contributed by atoms with Crippen molar-refractivity contribution in [2.24, 2.45) is 0 Å². The Hall–Kier alpha value is -1.43. The number of carbonyl (C=O) groups is 1. The molecule has 0 bridgehead atoms. The first kappa shape index (κ1) is 38.6. The van der Waals surface area contributed by atoms with Crippen molar-refractivity contribution in [1.82, 2.24) is 10.6 Å². The SMILES string of the molecule is CCCCCCCCCC(O)CNCCCCCCNCC(CCCCCCCCC)OC(=O)CCc1ccccc1. The van der Waals surface area contributed by atoms with Gasteiger partial charge in [0.05, 0.1) is 6.10 Å². The molecule has 0 radical (unpaired) electrons. The van der Waals surface area contributed by atoms with E-state index < -0.39 is 0 Å². The molecule has 0 saturated heterocycles. The zero-order chi connectivity index (χ0) is 30.4. The maximum absolute atomic E-state index is 12.6. The lowest BCUT2D eigenvalue weighted by Crippen LogP contribution is -2.32. The summed E-state index contributed by atoms with van der Waals surface area (Å²) in [4.78, 5) is 12.6. The van der Waals surface area contributed by atoms with Crippen LogP contribution in [0.5, 0.6) is 0 Å². The Bertz CT molecular complexity index is 700. The number of hydrogen-bond acceptors (Lipinski definition) is 5. The Labute approximate surface area is 260 Å². The molecule has 0 aliphatic carbocycles. The van der Waals surface area contributed by atoms with Crippen LogP contribution in [-0.2, 0) is 16.0 Å². The van der Waals surface area contributed by atoms with Crippen molar-refractivity contribution in [3.8, 4) is 0 Å². The number of aliphatic hydroxyl groups excluding tert-OH is 1. The first-order valence-electron chi connectivity index (χ1n) is 18.0. The number of aryl methyl sites for hydroxylation is 1. The van der Waals surface area contributed by atoms with Crippen LogP contribution in [0, 0.1) is 0 Å². The molecule has 0 fully saturated rings. The molecule has 1 aromatic rings. The number of carbonyl (C=O) groups excluding carboxylic acids is 1. The summed E-state index contributed by atoms with van der Waals surface area (Å²) in [7, 11) is 0. The van der Waals surface area contributed by atoms with Crippen molar-refractivity contribution in [2.45, 2.75) is 167 Å². The van der Waals surface area contributed by atoms with Crippen molar-refractivity contribution in [3.63, 3.8) is 0 Å². The highest BCUT2D eigenvalue weighted by Gasteiger charge is 2.14. The maximum Gasteiger partial charge on any atom is 0.306 e. The molecule has 5 heteroatoms. The van der Waals surface area contributed by atoms with Gasteiger partial charge in [0.15, 0.2) is 0 Å². The summed E-state index contributed by atoms with van der Waals surface area (Å²) in [5.41, 5.74) is 1.19. The van der Waals surface area contributed by atoms with Gasteiger partial charge in [0, 0.05) is 19.5 Å². The van der Waals surface area contributed by atoms with E-state index in [0.717, 1.165) is 71.1 Å². The lowest BCUT2D eigenvalue weighted by molar-refractivity contribution is -0.149. The largest absolute Gasteiger partial charge is 0.461 e. The zero-order valence-corrected chi connectivity index (χ0v) is 27.7. The summed E-state index contributed by atoms with van der Waals surface area (Å²) in [6.07, 6.45) is 25.6. The molecule has 0 spiro atoms. The number of ether oxygens (including phenoxy) is 1. The molecule has 2 atom stereocenters. The molecule has 5 nitrogen and oxygen atoms in total. The lowest BCUT2D eigenvalue weighted by Gasteiger charge is -2.19. The van der Waals surface area contributed by atoms with Crippen molar-refractivity contribution >= 4 is 5.97 Å². The molecular formula is C37H68N2O3. The Morgan fingerprint density at radius 1 is 0.667 bits per heavy atom. The average Bonchev–Trinajstić information content (AvgIpc) is 3.00. The van der Waals surface area contributed by atoms with E-state index in [1.165, 1.54) is 95.5 Å². The summed E-state index contributed by atoms with van der Waals surface area (Å²) >= 11 is 0. The summed E-state index contributed by atoms with van der Waals surface area (Å²) in [6, 6.07) is 10.2. The molecule has 1 aromatic carbocycles. The normalized spacial score (nSPS) is 12.8. The van der Waals surface area contributed by atoms with Gasteiger partial charge in [-0.25, -0.2) is 0 Å². The van der Waals surface area contributed by atoms with Gasteiger partial charge in [-0.3, -0.25) is 4.79 Å². The zero-order valence-electron chi connectivity index (χ0n) is 27.7. The van der Waals surface area contributed by atoms with E-state index in [1.807, 2.05) is 18.2 Å². The molecule has 0 aromatic heterocycles. The van der Waals surface area contributed by atoms with Gasteiger partial charge < -0.3 is 20.5 Å². The number of esters is 1. The van der Waals surface area contributed by atoms with Crippen molar-refractivity contribution in [1.29, 1.82) is 0 Å². The van der Waals surface area contributed by atoms with E-state index in [1.54, 1.807) is 0 Å². The fraction of sp³-hybridized carbons (Fsp3) is 0.811. The standard InChI is InChI=1S/C37H68N2O3/c1-3-5-7-9-11-13-20-26-35(40)32-38-30-22-15-16-23-31-39-33-36(27-21-14-12-10-8-6-4-2)42-37(41)29-28-34-24-18-17-19-25-34/h17-19,24-25,35-36,38-40H,3-16,20-23,26-33H2,1-2H3. The highest BCUT2D eigenvalue weighted by Crippen LogP contribution is 2.13. The molecular weight excluding hydrogens is 520 g/mol. The summed E-state index contributed by atoms with van der Waals surface area (Å²) in [6.45, 7) is 7.95. The third kappa shape index (κ3) is 25.1. The second-order valence-electron chi connectivity index (χ2n) is 12.4. The van der Waals surface area contributed by atoms with Crippen molar-refractivity contribution < 1.29 is 14.6 Å². The smallest absolute Gasteiger partial charge is 0.306 e. The molecule has 0 aliphatic heterocycles. The minimum atomic E-state index is -0.203. The first-order chi connectivity index (χ1) is 20.7. The highest BCUT2D eigenvalue weighted by molar-refractivity contribution is 5.69. The number of nitrogens with one attached hydrogen (secondary N) is 2. The van der Waals surface area contributed by atoms with Crippen LogP contribution in [0.1, 0.15) is 154 Å². The lowest BCUT2D eigenvalue weighted by atomic mass is 10.1. The van der Waals surface area contributed by atoms with Crippen LogP contribution in [0.2, 0.25) is 0 Å².